The fourth-order valence-electron chi connectivity index (χ4n) is 2.22. The molecule has 19 heavy (non-hydrogen) atoms. The lowest BCUT2D eigenvalue weighted by atomic mass is 10.2. The van der Waals surface area contributed by atoms with Gasteiger partial charge >= 0.3 is 0 Å². The highest BCUT2D eigenvalue weighted by Crippen LogP contribution is 2.23. The quantitative estimate of drug-likeness (QED) is 0.907. The molecule has 1 aromatic heterocycles. The molecule has 1 aliphatic rings. The molecule has 0 amide bonds. The third kappa shape index (κ3) is 4.60. The zero-order valence-electron chi connectivity index (χ0n) is 11.4. The van der Waals surface area contributed by atoms with Crippen LogP contribution in [0.3, 0.4) is 0 Å². The first-order chi connectivity index (χ1) is 9.04. The molecule has 0 aromatic carbocycles. The first kappa shape index (κ1) is 15.0. The predicted molar refractivity (Wildman–Crippen MR) is 84.0 cm³/mol. The van der Waals surface area contributed by atoms with Gasteiger partial charge in [-0.05, 0) is 36.0 Å². The Balaban J connectivity index is 1.85. The molecule has 1 aromatic rings. The lowest BCUT2D eigenvalue weighted by molar-refractivity contribution is 0.151. The van der Waals surface area contributed by atoms with Crippen molar-refractivity contribution in [2.24, 2.45) is 0 Å². The monoisotopic (exact) mass is 346 g/mol. The molecule has 1 aliphatic heterocycles. The summed E-state index contributed by atoms with van der Waals surface area (Å²) in [6.45, 7) is 7.78. The second-order valence-electron chi connectivity index (χ2n) is 5.13. The van der Waals surface area contributed by atoms with Crippen LogP contribution in [0.2, 0.25) is 5.02 Å². The van der Waals surface area contributed by atoms with E-state index >= 15 is 0 Å². The number of likely N-dealkylation sites (N-methyl/N-ethyl adjacent to an activating group) is 1. The standard InChI is InChI=1S/C13H20BrClN4/c1-10(9-19-5-3-18(2)4-6-19)17-13-12(14)7-11(15)8-16-13/h7-8,10H,3-6,9H2,1-2H3,(H,16,17)/t10-/m0/s1. The Kier molecular flexibility index (Phi) is 5.45. The van der Waals surface area contributed by atoms with Gasteiger partial charge in [0.25, 0.3) is 0 Å². The Morgan fingerprint density at radius 1 is 1.42 bits per heavy atom. The summed E-state index contributed by atoms with van der Waals surface area (Å²) in [5.41, 5.74) is 0. The van der Waals surface area contributed by atoms with Gasteiger partial charge in [-0.25, -0.2) is 4.98 Å². The van der Waals surface area contributed by atoms with Gasteiger partial charge in [-0.2, -0.15) is 0 Å². The van der Waals surface area contributed by atoms with Crippen LogP contribution in [0.5, 0.6) is 0 Å². The first-order valence-corrected chi connectivity index (χ1v) is 7.70. The largest absolute Gasteiger partial charge is 0.365 e. The van der Waals surface area contributed by atoms with Crippen LogP contribution < -0.4 is 5.32 Å². The number of hydrogen-bond acceptors (Lipinski definition) is 4. The molecule has 6 heteroatoms. The molecule has 106 valence electrons. The summed E-state index contributed by atoms with van der Waals surface area (Å²) in [5.74, 6) is 0.853. The number of nitrogens with zero attached hydrogens (tertiary/aromatic N) is 3. The molecule has 1 fully saturated rings. The highest BCUT2D eigenvalue weighted by Gasteiger charge is 2.16. The maximum atomic E-state index is 5.89. The Hall–Kier alpha value is -0.360. The van der Waals surface area contributed by atoms with Gasteiger partial charge in [0.05, 0.1) is 9.50 Å². The Morgan fingerprint density at radius 2 is 2.11 bits per heavy atom. The van der Waals surface area contributed by atoms with Crippen molar-refractivity contribution in [3.8, 4) is 0 Å². The second-order valence-corrected chi connectivity index (χ2v) is 6.42. The maximum Gasteiger partial charge on any atom is 0.140 e. The van der Waals surface area contributed by atoms with Crippen molar-refractivity contribution in [1.29, 1.82) is 0 Å². The molecule has 2 rings (SSSR count). The third-order valence-electron chi connectivity index (χ3n) is 3.32. The van der Waals surface area contributed by atoms with E-state index in [4.69, 9.17) is 11.6 Å². The smallest absolute Gasteiger partial charge is 0.140 e. The van der Waals surface area contributed by atoms with Crippen LogP contribution in [0.15, 0.2) is 16.7 Å². The molecular weight excluding hydrogens is 328 g/mol. The lowest BCUT2D eigenvalue weighted by Crippen LogP contribution is -2.47. The van der Waals surface area contributed by atoms with E-state index in [-0.39, 0.29) is 0 Å². The van der Waals surface area contributed by atoms with Gasteiger partial charge in [-0.1, -0.05) is 11.6 Å². The first-order valence-electron chi connectivity index (χ1n) is 6.53. The summed E-state index contributed by atoms with van der Waals surface area (Å²) in [6, 6.07) is 2.22. The minimum Gasteiger partial charge on any atom is -0.365 e. The molecule has 1 saturated heterocycles. The second kappa shape index (κ2) is 6.88. The van der Waals surface area contributed by atoms with Crippen molar-refractivity contribution in [2.45, 2.75) is 13.0 Å². The third-order valence-corrected chi connectivity index (χ3v) is 4.13. The fourth-order valence-corrected chi connectivity index (χ4v) is 2.97. The highest BCUT2D eigenvalue weighted by atomic mass is 79.9. The topological polar surface area (TPSA) is 31.4 Å². The van der Waals surface area contributed by atoms with Crippen molar-refractivity contribution >= 4 is 33.3 Å². The number of rotatable bonds is 4. The number of nitrogens with one attached hydrogen (secondary N) is 1. The van der Waals surface area contributed by atoms with Crippen LogP contribution in [-0.2, 0) is 0 Å². The summed E-state index contributed by atoms with van der Waals surface area (Å²) < 4.78 is 0.908. The van der Waals surface area contributed by atoms with Gasteiger partial charge in [0, 0.05) is 45.0 Å². The fraction of sp³-hybridized carbons (Fsp3) is 0.615. The molecule has 0 bridgehead atoms. The minimum atomic E-state index is 0.355. The molecule has 2 heterocycles. The molecular formula is C13H20BrClN4. The predicted octanol–water partition coefficient (Wildman–Crippen LogP) is 2.55. The van der Waals surface area contributed by atoms with E-state index in [2.05, 4.69) is 50.0 Å². The highest BCUT2D eigenvalue weighted by molar-refractivity contribution is 9.10. The van der Waals surface area contributed by atoms with Crippen LogP contribution in [0.4, 0.5) is 5.82 Å². The van der Waals surface area contributed by atoms with E-state index in [0.29, 0.717) is 11.1 Å². The molecule has 0 saturated carbocycles. The van der Waals surface area contributed by atoms with E-state index < -0.39 is 0 Å². The van der Waals surface area contributed by atoms with Crippen molar-refractivity contribution in [3.05, 3.63) is 21.8 Å². The number of aromatic nitrogens is 1. The number of pyridine rings is 1. The van der Waals surface area contributed by atoms with Gasteiger partial charge in [-0.3, -0.25) is 4.90 Å². The van der Waals surface area contributed by atoms with E-state index in [1.54, 1.807) is 6.20 Å². The zero-order valence-corrected chi connectivity index (χ0v) is 13.7. The van der Waals surface area contributed by atoms with Crippen LogP contribution >= 0.6 is 27.5 Å². The Morgan fingerprint density at radius 3 is 2.74 bits per heavy atom. The summed E-state index contributed by atoms with van der Waals surface area (Å²) >= 11 is 9.37. The lowest BCUT2D eigenvalue weighted by Gasteiger charge is -2.34. The number of halogens is 2. The molecule has 0 radical (unpaired) electrons. The van der Waals surface area contributed by atoms with Gasteiger partial charge in [-0.15, -0.1) is 0 Å². The Labute approximate surface area is 128 Å². The minimum absolute atomic E-state index is 0.355. The molecule has 1 N–H and O–H groups in total. The summed E-state index contributed by atoms with van der Waals surface area (Å²) in [5, 5.41) is 4.07. The van der Waals surface area contributed by atoms with Gasteiger partial charge < -0.3 is 10.2 Å². The Bertz CT molecular complexity index is 421. The maximum absolute atomic E-state index is 5.89. The average molecular weight is 348 g/mol. The van der Waals surface area contributed by atoms with Crippen LogP contribution in [0.25, 0.3) is 0 Å². The zero-order chi connectivity index (χ0) is 13.8. The molecule has 4 nitrogen and oxygen atoms in total. The van der Waals surface area contributed by atoms with Crippen LogP contribution in [0, 0.1) is 0 Å². The van der Waals surface area contributed by atoms with E-state index in [1.807, 2.05) is 6.07 Å². The van der Waals surface area contributed by atoms with Crippen molar-refractivity contribution in [3.63, 3.8) is 0 Å². The van der Waals surface area contributed by atoms with Gasteiger partial charge in [0.1, 0.15) is 5.82 Å². The molecule has 0 spiro atoms. The molecule has 1 atom stereocenters. The molecule has 0 unspecified atom stereocenters. The average Bonchev–Trinajstić information content (AvgIpc) is 2.36. The summed E-state index contributed by atoms with van der Waals surface area (Å²) in [6.07, 6.45) is 1.66. The molecule has 0 aliphatic carbocycles. The van der Waals surface area contributed by atoms with E-state index in [0.717, 1.165) is 43.0 Å². The normalized spacial score (nSPS) is 19.4. The van der Waals surface area contributed by atoms with Crippen LogP contribution in [-0.4, -0.2) is 60.6 Å². The number of anilines is 1. The van der Waals surface area contributed by atoms with Crippen molar-refractivity contribution < 1.29 is 0 Å². The summed E-state index contributed by atoms with van der Waals surface area (Å²) in [4.78, 5) is 9.16. The van der Waals surface area contributed by atoms with Crippen molar-refractivity contribution in [1.82, 2.24) is 14.8 Å². The number of piperazine rings is 1. The number of hydrogen-bond donors (Lipinski definition) is 1. The van der Waals surface area contributed by atoms with Crippen LogP contribution in [0.1, 0.15) is 6.92 Å². The van der Waals surface area contributed by atoms with Crippen molar-refractivity contribution in [2.75, 3.05) is 45.1 Å². The summed E-state index contributed by atoms with van der Waals surface area (Å²) in [7, 11) is 2.17. The van der Waals surface area contributed by atoms with E-state index in [9.17, 15) is 0 Å². The van der Waals surface area contributed by atoms with E-state index in [1.165, 1.54) is 0 Å². The van der Waals surface area contributed by atoms with Gasteiger partial charge in [0.2, 0.25) is 0 Å². The SMILES string of the molecule is C[C@@H](CN1CCN(C)CC1)Nc1ncc(Cl)cc1Br. The van der Waals surface area contributed by atoms with Gasteiger partial charge in [0.15, 0.2) is 0 Å².